The van der Waals surface area contributed by atoms with Crippen LogP contribution in [0.25, 0.3) is 0 Å². The Bertz CT molecular complexity index is 801. The van der Waals surface area contributed by atoms with Gasteiger partial charge in [0.05, 0.1) is 18.6 Å². The number of hydrogen-bond acceptors (Lipinski definition) is 4. The fourth-order valence-electron chi connectivity index (χ4n) is 2.75. The molecule has 6 heteroatoms. The predicted octanol–water partition coefficient (Wildman–Crippen LogP) is 3.63. The van der Waals surface area contributed by atoms with Crippen LogP contribution in [-0.4, -0.2) is 29.4 Å². The lowest BCUT2D eigenvalue weighted by atomic mass is 9.94. The van der Waals surface area contributed by atoms with Gasteiger partial charge in [0.1, 0.15) is 5.75 Å². The number of ketones is 1. The maximum Gasteiger partial charge on any atom is 0.308 e. The van der Waals surface area contributed by atoms with E-state index in [1.807, 2.05) is 18.2 Å². The van der Waals surface area contributed by atoms with Crippen LogP contribution in [0, 0.1) is 5.92 Å². The fraction of sp³-hybridized carbons (Fsp3) is 0.318. The summed E-state index contributed by atoms with van der Waals surface area (Å²) in [4.78, 5) is 34.9. The minimum Gasteiger partial charge on any atom is -0.494 e. The van der Waals surface area contributed by atoms with Gasteiger partial charge in [-0.05, 0) is 50.1 Å². The Balaban J connectivity index is 1.84. The minimum atomic E-state index is -0.966. The molecule has 0 aliphatic carbocycles. The molecule has 1 amide bonds. The molecule has 0 bridgehead atoms. The number of rotatable bonds is 10. The highest BCUT2D eigenvalue weighted by atomic mass is 16.5. The van der Waals surface area contributed by atoms with Crippen molar-refractivity contribution in [2.24, 2.45) is 5.92 Å². The third-order valence-electron chi connectivity index (χ3n) is 4.44. The molecule has 6 nitrogen and oxygen atoms in total. The monoisotopic (exact) mass is 383 g/mol. The standard InChI is InChI=1S/C22H25NO5/c1-15(22(26)27)21(18-7-4-3-5-8-18)23-20(25)9-6-14-28-19-12-10-17(11-13-19)16(2)24/h3-5,7-8,10-13,15,21H,6,9,14H2,1-2H3,(H,23,25)(H,26,27). The van der Waals surface area contributed by atoms with E-state index in [1.54, 1.807) is 43.3 Å². The number of carboxylic acids is 1. The first-order valence-electron chi connectivity index (χ1n) is 9.19. The number of carbonyl (C=O) groups is 3. The second kappa shape index (κ2) is 10.3. The van der Waals surface area contributed by atoms with Crippen molar-refractivity contribution in [2.75, 3.05) is 6.61 Å². The molecule has 0 heterocycles. The lowest BCUT2D eigenvalue weighted by molar-refractivity contribution is -0.142. The first-order valence-corrected chi connectivity index (χ1v) is 9.19. The number of amides is 1. The summed E-state index contributed by atoms with van der Waals surface area (Å²) < 4.78 is 5.58. The van der Waals surface area contributed by atoms with E-state index in [-0.39, 0.29) is 18.1 Å². The number of carboxylic acid groups (broad SMARTS) is 1. The molecule has 2 unspecified atom stereocenters. The van der Waals surface area contributed by atoms with Gasteiger partial charge in [0.15, 0.2) is 5.78 Å². The molecular weight excluding hydrogens is 358 g/mol. The quantitative estimate of drug-likeness (QED) is 0.483. The molecule has 148 valence electrons. The Labute approximate surface area is 164 Å². The van der Waals surface area contributed by atoms with Crippen LogP contribution in [0.5, 0.6) is 5.75 Å². The SMILES string of the molecule is CC(=O)c1ccc(OCCCC(=O)NC(c2ccccc2)C(C)C(=O)O)cc1. The van der Waals surface area contributed by atoms with E-state index in [0.29, 0.717) is 24.3 Å². The normalized spacial score (nSPS) is 12.6. The molecule has 0 saturated heterocycles. The zero-order valence-electron chi connectivity index (χ0n) is 16.1. The van der Waals surface area contributed by atoms with Crippen molar-refractivity contribution in [3.8, 4) is 5.75 Å². The van der Waals surface area contributed by atoms with E-state index >= 15 is 0 Å². The first-order chi connectivity index (χ1) is 13.4. The first kappa shape index (κ1) is 21.2. The molecule has 2 N–H and O–H groups in total. The average molecular weight is 383 g/mol. The van der Waals surface area contributed by atoms with Gasteiger partial charge in [-0.3, -0.25) is 14.4 Å². The average Bonchev–Trinajstić information content (AvgIpc) is 2.69. The highest BCUT2D eigenvalue weighted by molar-refractivity contribution is 5.94. The third-order valence-corrected chi connectivity index (χ3v) is 4.44. The van der Waals surface area contributed by atoms with Crippen molar-refractivity contribution < 1.29 is 24.2 Å². The molecule has 0 fully saturated rings. The van der Waals surface area contributed by atoms with Crippen LogP contribution in [0.3, 0.4) is 0 Å². The number of ether oxygens (including phenoxy) is 1. The molecule has 2 atom stereocenters. The zero-order valence-corrected chi connectivity index (χ0v) is 16.1. The topological polar surface area (TPSA) is 92.7 Å². The van der Waals surface area contributed by atoms with Gasteiger partial charge in [0.2, 0.25) is 5.91 Å². The van der Waals surface area contributed by atoms with Crippen LogP contribution >= 0.6 is 0 Å². The lowest BCUT2D eigenvalue weighted by Crippen LogP contribution is -2.35. The number of nitrogens with one attached hydrogen (secondary N) is 1. The maximum absolute atomic E-state index is 12.3. The summed E-state index contributed by atoms with van der Waals surface area (Å²) in [6, 6.07) is 15.3. The van der Waals surface area contributed by atoms with Gasteiger partial charge in [-0.15, -0.1) is 0 Å². The third kappa shape index (κ3) is 6.23. The molecule has 0 aromatic heterocycles. The van der Waals surface area contributed by atoms with E-state index in [2.05, 4.69) is 5.32 Å². The largest absolute Gasteiger partial charge is 0.494 e. The van der Waals surface area contributed by atoms with Crippen LogP contribution in [0.15, 0.2) is 54.6 Å². The molecule has 0 radical (unpaired) electrons. The van der Waals surface area contributed by atoms with Crippen molar-refractivity contribution >= 4 is 17.7 Å². The lowest BCUT2D eigenvalue weighted by Gasteiger charge is -2.23. The van der Waals surface area contributed by atoms with Crippen LogP contribution in [0.2, 0.25) is 0 Å². The molecule has 0 spiro atoms. The molecular formula is C22H25NO5. The Morgan fingerprint density at radius 1 is 1.04 bits per heavy atom. The van der Waals surface area contributed by atoms with Gasteiger partial charge < -0.3 is 15.2 Å². The minimum absolute atomic E-state index is 0.00761. The van der Waals surface area contributed by atoms with Gasteiger partial charge in [0, 0.05) is 12.0 Å². The Hall–Kier alpha value is -3.15. The number of hydrogen-bond donors (Lipinski definition) is 2. The summed E-state index contributed by atoms with van der Waals surface area (Å²) in [6.07, 6.45) is 0.713. The molecule has 0 aliphatic rings. The van der Waals surface area contributed by atoms with Gasteiger partial charge in [-0.1, -0.05) is 30.3 Å². The Morgan fingerprint density at radius 2 is 1.68 bits per heavy atom. The molecule has 2 aromatic rings. The van der Waals surface area contributed by atoms with Gasteiger partial charge in [0.25, 0.3) is 0 Å². The second-order valence-corrected chi connectivity index (χ2v) is 6.62. The van der Waals surface area contributed by atoms with E-state index in [4.69, 9.17) is 4.74 Å². The highest BCUT2D eigenvalue weighted by Crippen LogP contribution is 2.22. The number of carbonyl (C=O) groups excluding carboxylic acids is 2. The van der Waals surface area contributed by atoms with E-state index in [1.165, 1.54) is 6.92 Å². The second-order valence-electron chi connectivity index (χ2n) is 6.62. The summed E-state index contributed by atoms with van der Waals surface area (Å²) >= 11 is 0. The van der Waals surface area contributed by atoms with Crippen molar-refractivity contribution in [2.45, 2.75) is 32.7 Å². The molecule has 2 aromatic carbocycles. The van der Waals surface area contributed by atoms with Crippen molar-refractivity contribution in [3.63, 3.8) is 0 Å². The summed E-state index contributed by atoms with van der Waals surface area (Å²) in [6.45, 7) is 3.42. The molecule has 28 heavy (non-hydrogen) atoms. The van der Waals surface area contributed by atoms with Gasteiger partial charge >= 0.3 is 5.97 Å². The van der Waals surface area contributed by atoms with Crippen LogP contribution in [0.4, 0.5) is 0 Å². The number of benzene rings is 2. The van der Waals surface area contributed by atoms with Crippen LogP contribution in [-0.2, 0) is 9.59 Å². The summed E-state index contributed by atoms with van der Waals surface area (Å²) in [5.74, 6) is -1.31. The van der Waals surface area contributed by atoms with Crippen LogP contribution < -0.4 is 10.1 Å². The fourth-order valence-corrected chi connectivity index (χ4v) is 2.75. The predicted molar refractivity (Wildman–Crippen MR) is 105 cm³/mol. The summed E-state index contributed by atoms with van der Waals surface area (Å²) in [5, 5.41) is 12.1. The Kier molecular flexibility index (Phi) is 7.75. The summed E-state index contributed by atoms with van der Waals surface area (Å²) in [7, 11) is 0. The maximum atomic E-state index is 12.3. The molecule has 0 saturated carbocycles. The van der Waals surface area contributed by atoms with Crippen molar-refractivity contribution in [1.29, 1.82) is 0 Å². The van der Waals surface area contributed by atoms with Crippen molar-refractivity contribution in [3.05, 3.63) is 65.7 Å². The van der Waals surface area contributed by atoms with E-state index in [9.17, 15) is 19.5 Å². The highest BCUT2D eigenvalue weighted by Gasteiger charge is 2.26. The Morgan fingerprint density at radius 3 is 2.25 bits per heavy atom. The number of Topliss-reactive ketones (excluding diaryl/α,β-unsaturated/α-hetero) is 1. The smallest absolute Gasteiger partial charge is 0.308 e. The van der Waals surface area contributed by atoms with E-state index in [0.717, 1.165) is 5.56 Å². The van der Waals surface area contributed by atoms with Gasteiger partial charge in [-0.25, -0.2) is 0 Å². The molecule has 2 rings (SSSR count). The number of aliphatic carboxylic acids is 1. The van der Waals surface area contributed by atoms with Crippen molar-refractivity contribution in [1.82, 2.24) is 5.32 Å². The molecule has 0 aliphatic heterocycles. The van der Waals surface area contributed by atoms with E-state index < -0.39 is 17.9 Å². The van der Waals surface area contributed by atoms with Crippen LogP contribution in [0.1, 0.15) is 48.7 Å². The van der Waals surface area contributed by atoms with Gasteiger partial charge in [-0.2, -0.15) is 0 Å². The summed E-state index contributed by atoms with van der Waals surface area (Å²) in [5.41, 5.74) is 1.37. The zero-order chi connectivity index (χ0) is 20.5.